The molecule has 11 nitrogen and oxygen atoms in total. The summed E-state index contributed by atoms with van der Waals surface area (Å²) in [7, 11) is 0. The number of carbonyl (C=O) groups is 2. The predicted octanol–water partition coefficient (Wildman–Crippen LogP) is 8.05. The van der Waals surface area contributed by atoms with Crippen LogP contribution in [0.3, 0.4) is 0 Å². The molecule has 3 heterocycles. The highest BCUT2D eigenvalue weighted by Crippen LogP contribution is 2.37. The van der Waals surface area contributed by atoms with E-state index in [1.54, 1.807) is 24.4 Å². The number of carboxylic acids is 2. The van der Waals surface area contributed by atoms with Crippen LogP contribution in [0, 0.1) is 31.1 Å². The average molecular weight is 781 g/mol. The summed E-state index contributed by atoms with van der Waals surface area (Å²) in [5, 5.41) is 29.1. The van der Waals surface area contributed by atoms with Gasteiger partial charge in [-0.1, -0.05) is 48.4 Å². The average Bonchev–Trinajstić information content (AvgIpc) is 3.20. The number of halogens is 1. The summed E-state index contributed by atoms with van der Waals surface area (Å²) in [4.78, 5) is 31.9. The van der Waals surface area contributed by atoms with Gasteiger partial charge < -0.3 is 29.3 Å². The van der Waals surface area contributed by atoms with E-state index in [1.807, 2.05) is 29.2 Å². The molecule has 0 radical (unpaired) electrons. The fraction of sp³-hybridized carbons (Fsp3) is 0.409. The maximum absolute atomic E-state index is 12.1. The van der Waals surface area contributed by atoms with Crippen molar-refractivity contribution in [3.8, 4) is 34.4 Å². The number of ether oxygens (including phenoxy) is 3. The van der Waals surface area contributed by atoms with Crippen molar-refractivity contribution in [3.63, 3.8) is 0 Å². The summed E-state index contributed by atoms with van der Waals surface area (Å²) >= 11 is 6.86. The van der Waals surface area contributed by atoms with Crippen LogP contribution in [-0.4, -0.2) is 75.8 Å². The number of pyridine rings is 1. The van der Waals surface area contributed by atoms with Gasteiger partial charge in [-0.2, -0.15) is 5.26 Å². The summed E-state index contributed by atoms with van der Waals surface area (Å²) in [5.41, 5.74) is 7.10. The van der Waals surface area contributed by atoms with Gasteiger partial charge in [0, 0.05) is 49.2 Å². The Labute approximate surface area is 333 Å². The molecule has 294 valence electrons. The minimum atomic E-state index is -0.841. The number of nitrogens with zero attached hydrogens (tertiary/aromatic N) is 4. The lowest BCUT2D eigenvalue weighted by Crippen LogP contribution is -2.44. The molecule has 0 unspecified atom stereocenters. The van der Waals surface area contributed by atoms with Crippen LogP contribution in [0.1, 0.15) is 71.9 Å². The molecule has 56 heavy (non-hydrogen) atoms. The zero-order chi connectivity index (χ0) is 39.6. The number of hydrogen-bond acceptors (Lipinski definition) is 9. The lowest BCUT2D eigenvalue weighted by atomic mass is 9.93. The topological polar surface area (TPSA) is 145 Å². The second kappa shape index (κ2) is 19.1. The van der Waals surface area contributed by atoms with Crippen LogP contribution in [-0.2, 0) is 29.3 Å². The molecule has 2 fully saturated rings. The van der Waals surface area contributed by atoms with Gasteiger partial charge in [0.15, 0.2) is 0 Å². The van der Waals surface area contributed by atoms with Crippen LogP contribution >= 0.6 is 11.6 Å². The maximum Gasteiger partial charge on any atom is 0.320 e. The van der Waals surface area contributed by atoms with Crippen molar-refractivity contribution in [2.45, 2.75) is 78.2 Å². The molecule has 12 heteroatoms. The number of piperidine rings is 2. The standard InChI is InChI=1S/C44H49ClN4O7/c1-29-34(9-5-11-36(29)37-12-6-14-40(30(37)2)54-18-8-16-48-15-7-10-33(25-48)43(50)51)28-56-42-21-41(55-27-32-19-31(22-46)23-47-24-32)35(20-38(42)45)26-49-17-4-3-13-39(49)44(52)53/h5-6,9,11-12,14,19-21,23-24,33,39H,3-4,7-8,10,13,15-18,25-28H2,1-2H3,(H,50,51)(H,52,53)/t33-,39-/m0/s1. The van der Waals surface area contributed by atoms with Gasteiger partial charge in [0.2, 0.25) is 0 Å². The van der Waals surface area contributed by atoms with E-state index in [9.17, 15) is 25.1 Å². The summed E-state index contributed by atoms with van der Waals surface area (Å²) in [6.45, 7) is 8.39. The van der Waals surface area contributed by atoms with Crippen LogP contribution in [0.4, 0.5) is 0 Å². The summed E-state index contributed by atoms with van der Waals surface area (Å²) in [6, 6.07) is 19.0. The van der Waals surface area contributed by atoms with E-state index in [2.05, 4.69) is 41.9 Å². The fourth-order valence-corrected chi connectivity index (χ4v) is 7.93. The van der Waals surface area contributed by atoms with E-state index in [-0.39, 0.29) is 19.1 Å². The molecule has 2 saturated heterocycles. The van der Waals surface area contributed by atoms with Gasteiger partial charge >= 0.3 is 11.9 Å². The van der Waals surface area contributed by atoms with E-state index < -0.39 is 18.0 Å². The molecule has 0 aliphatic carbocycles. The van der Waals surface area contributed by atoms with Crippen molar-refractivity contribution < 1.29 is 34.0 Å². The molecule has 0 amide bonds. The number of likely N-dealkylation sites (tertiary alicyclic amines) is 2. The van der Waals surface area contributed by atoms with E-state index in [0.29, 0.717) is 54.7 Å². The first-order valence-electron chi connectivity index (χ1n) is 19.3. The zero-order valence-corrected chi connectivity index (χ0v) is 32.8. The largest absolute Gasteiger partial charge is 0.493 e. The monoisotopic (exact) mass is 780 g/mol. The second-order valence-corrected chi connectivity index (χ2v) is 15.1. The fourth-order valence-electron chi connectivity index (χ4n) is 7.69. The van der Waals surface area contributed by atoms with Gasteiger partial charge in [-0.3, -0.25) is 19.5 Å². The van der Waals surface area contributed by atoms with Gasteiger partial charge in [0.25, 0.3) is 0 Å². The SMILES string of the molecule is Cc1c(COc2cc(OCc3cncc(C#N)c3)c(CN3CCCC[C@H]3C(=O)O)cc2Cl)cccc1-c1cccc(OCCCN2CCC[C@H](C(=O)O)C2)c1C. The van der Waals surface area contributed by atoms with Crippen molar-refractivity contribution in [3.05, 3.63) is 105 Å². The van der Waals surface area contributed by atoms with Crippen LogP contribution in [0.2, 0.25) is 5.02 Å². The van der Waals surface area contributed by atoms with Gasteiger partial charge in [-0.25, -0.2) is 0 Å². The summed E-state index contributed by atoms with van der Waals surface area (Å²) in [5.74, 6) is -0.0737. The molecule has 4 aromatic rings. The van der Waals surface area contributed by atoms with Gasteiger partial charge in [0.1, 0.15) is 42.6 Å². The van der Waals surface area contributed by atoms with Gasteiger partial charge in [-0.05, 0) is 105 Å². The molecule has 6 rings (SSSR count). The van der Waals surface area contributed by atoms with Crippen LogP contribution < -0.4 is 14.2 Å². The number of nitriles is 1. The lowest BCUT2D eigenvalue weighted by Gasteiger charge is -2.33. The van der Waals surface area contributed by atoms with Crippen LogP contribution in [0.15, 0.2) is 67.0 Å². The quantitative estimate of drug-likeness (QED) is 0.107. The third-order valence-electron chi connectivity index (χ3n) is 10.8. The van der Waals surface area contributed by atoms with Crippen LogP contribution in [0.5, 0.6) is 17.2 Å². The van der Waals surface area contributed by atoms with Gasteiger partial charge in [-0.15, -0.1) is 0 Å². The first-order chi connectivity index (χ1) is 27.1. The lowest BCUT2D eigenvalue weighted by molar-refractivity contribution is -0.145. The first-order valence-corrected chi connectivity index (χ1v) is 19.6. The third kappa shape index (κ3) is 10.2. The van der Waals surface area contributed by atoms with Gasteiger partial charge in [0.05, 0.1) is 23.1 Å². The number of hydrogen-bond donors (Lipinski definition) is 2. The maximum atomic E-state index is 12.1. The molecule has 0 saturated carbocycles. The van der Waals surface area contributed by atoms with Crippen molar-refractivity contribution in [2.24, 2.45) is 5.92 Å². The number of rotatable bonds is 16. The Balaban J connectivity index is 1.16. The van der Waals surface area contributed by atoms with E-state index in [1.165, 1.54) is 6.20 Å². The Morgan fingerprint density at radius 3 is 2.43 bits per heavy atom. The molecular formula is C44H49ClN4O7. The molecule has 0 spiro atoms. The summed E-state index contributed by atoms with van der Waals surface area (Å²) in [6.07, 6.45) is 7.96. The zero-order valence-electron chi connectivity index (χ0n) is 32.0. The molecule has 1 aromatic heterocycles. The van der Waals surface area contributed by atoms with Crippen molar-refractivity contribution in [2.75, 3.05) is 32.8 Å². The smallest absolute Gasteiger partial charge is 0.320 e. The molecule has 2 aliphatic heterocycles. The minimum Gasteiger partial charge on any atom is -0.493 e. The van der Waals surface area contributed by atoms with Crippen molar-refractivity contribution >= 4 is 23.5 Å². The summed E-state index contributed by atoms with van der Waals surface area (Å²) < 4.78 is 18.9. The number of aromatic nitrogens is 1. The van der Waals surface area contributed by atoms with E-state index >= 15 is 0 Å². The Kier molecular flexibility index (Phi) is 13.8. The Morgan fingerprint density at radius 2 is 1.64 bits per heavy atom. The Morgan fingerprint density at radius 1 is 0.857 bits per heavy atom. The molecule has 3 aromatic carbocycles. The first kappa shape index (κ1) is 40.5. The van der Waals surface area contributed by atoms with Crippen LogP contribution in [0.25, 0.3) is 11.1 Å². The van der Waals surface area contributed by atoms with E-state index in [4.69, 9.17) is 25.8 Å². The normalized spacial score (nSPS) is 17.5. The number of benzene rings is 3. The highest BCUT2D eigenvalue weighted by molar-refractivity contribution is 6.32. The van der Waals surface area contributed by atoms with E-state index in [0.717, 1.165) is 89.9 Å². The highest BCUT2D eigenvalue weighted by Gasteiger charge is 2.30. The molecule has 0 bridgehead atoms. The minimum absolute atomic E-state index is 0.147. The van der Waals surface area contributed by atoms with Crippen molar-refractivity contribution in [1.82, 2.24) is 14.8 Å². The predicted molar refractivity (Wildman–Crippen MR) is 213 cm³/mol. The third-order valence-corrected chi connectivity index (χ3v) is 11.1. The second-order valence-electron chi connectivity index (χ2n) is 14.7. The molecule has 2 N–H and O–H groups in total. The molecule has 2 atom stereocenters. The Bertz CT molecular complexity index is 2070. The molecule has 2 aliphatic rings. The molecular weight excluding hydrogens is 732 g/mol. The van der Waals surface area contributed by atoms with Crippen molar-refractivity contribution in [1.29, 1.82) is 5.26 Å². The number of carboxylic acid groups (broad SMARTS) is 2. The highest BCUT2D eigenvalue weighted by atomic mass is 35.5. The Hall–Kier alpha value is -5.15. The number of aliphatic carboxylic acids is 2.